The van der Waals surface area contributed by atoms with Gasteiger partial charge in [0, 0.05) is 39.8 Å². The Kier molecular flexibility index (Phi) is 8.33. The van der Waals surface area contributed by atoms with Crippen LogP contribution >= 0.6 is 0 Å². The maximum atomic E-state index is 11.8. The van der Waals surface area contributed by atoms with Gasteiger partial charge in [0.25, 0.3) is 0 Å². The van der Waals surface area contributed by atoms with Crippen molar-refractivity contribution < 1.29 is 9.53 Å². The predicted molar refractivity (Wildman–Crippen MR) is 61.6 cm³/mol. The molecule has 1 amide bonds. The number of rotatable bonds is 8. The van der Waals surface area contributed by atoms with Crippen molar-refractivity contribution in [3.8, 4) is 0 Å². The molecule has 0 spiro atoms. The SMILES string of the molecule is CCCN(CCN)C(=O)CC(C)COC. The molecule has 4 nitrogen and oxygen atoms in total. The summed E-state index contributed by atoms with van der Waals surface area (Å²) in [5.41, 5.74) is 5.47. The number of ether oxygens (including phenoxy) is 1. The van der Waals surface area contributed by atoms with Gasteiger partial charge in [0.1, 0.15) is 0 Å². The second-order valence-electron chi connectivity index (χ2n) is 3.93. The van der Waals surface area contributed by atoms with Gasteiger partial charge >= 0.3 is 0 Å². The molecule has 1 atom stereocenters. The Balaban J connectivity index is 4.00. The van der Waals surface area contributed by atoms with Gasteiger partial charge in [0.15, 0.2) is 0 Å². The Morgan fingerprint density at radius 3 is 2.60 bits per heavy atom. The van der Waals surface area contributed by atoms with Crippen molar-refractivity contribution in [2.75, 3.05) is 33.4 Å². The number of amides is 1. The van der Waals surface area contributed by atoms with Gasteiger partial charge in [-0.25, -0.2) is 0 Å². The van der Waals surface area contributed by atoms with E-state index in [9.17, 15) is 4.79 Å². The molecule has 0 aromatic carbocycles. The minimum Gasteiger partial charge on any atom is -0.384 e. The highest BCUT2D eigenvalue weighted by Gasteiger charge is 2.15. The van der Waals surface area contributed by atoms with Crippen LogP contribution < -0.4 is 5.73 Å². The maximum absolute atomic E-state index is 11.8. The smallest absolute Gasteiger partial charge is 0.222 e. The number of carbonyl (C=O) groups is 1. The van der Waals surface area contributed by atoms with E-state index in [-0.39, 0.29) is 11.8 Å². The molecule has 0 saturated carbocycles. The fourth-order valence-electron chi connectivity index (χ4n) is 1.56. The second kappa shape index (κ2) is 8.68. The van der Waals surface area contributed by atoms with Gasteiger partial charge in [0.2, 0.25) is 5.91 Å². The monoisotopic (exact) mass is 216 g/mol. The van der Waals surface area contributed by atoms with E-state index in [1.165, 1.54) is 0 Å². The standard InChI is InChI=1S/C11H24N2O2/c1-4-6-13(7-5-12)11(14)8-10(2)9-15-3/h10H,4-9,12H2,1-3H3. The average Bonchev–Trinajstić information content (AvgIpc) is 2.17. The van der Waals surface area contributed by atoms with E-state index >= 15 is 0 Å². The molecule has 0 aromatic heterocycles. The molecule has 0 aliphatic heterocycles. The van der Waals surface area contributed by atoms with Crippen molar-refractivity contribution in [2.24, 2.45) is 11.7 Å². The highest BCUT2D eigenvalue weighted by molar-refractivity contribution is 5.76. The Morgan fingerprint density at radius 1 is 1.47 bits per heavy atom. The summed E-state index contributed by atoms with van der Waals surface area (Å²) in [5, 5.41) is 0. The van der Waals surface area contributed by atoms with E-state index in [0.29, 0.717) is 26.1 Å². The third-order valence-corrected chi connectivity index (χ3v) is 2.22. The molecule has 1 unspecified atom stereocenters. The molecule has 0 heterocycles. The lowest BCUT2D eigenvalue weighted by atomic mass is 10.1. The second-order valence-corrected chi connectivity index (χ2v) is 3.93. The van der Waals surface area contributed by atoms with Crippen LogP contribution in [0.3, 0.4) is 0 Å². The molecule has 90 valence electrons. The number of nitrogens with two attached hydrogens (primary N) is 1. The Bertz CT molecular complexity index is 168. The zero-order valence-corrected chi connectivity index (χ0v) is 10.2. The molecular formula is C11H24N2O2. The van der Waals surface area contributed by atoms with Crippen LogP contribution in [-0.2, 0) is 9.53 Å². The van der Waals surface area contributed by atoms with E-state index in [0.717, 1.165) is 13.0 Å². The highest BCUT2D eigenvalue weighted by atomic mass is 16.5. The summed E-state index contributed by atoms with van der Waals surface area (Å²) in [6.45, 7) is 6.71. The first-order chi connectivity index (χ1) is 7.15. The Labute approximate surface area is 92.8 Å². The number of methoxy groups -OCH3 is 1. The van der Waals surface area contributed by atoms with Crippen molar-refractivity contribution in [2.45, 2.75) is 26.7 Å². The topological polar surface area (TPSA) is 55.6 Å². The van der Waals surface area contributed by atoms with Gasteiger partial charge in [-0.1, -0.05) is 13.8 Å². The zero-order valence-electron chi connectivity index (χ0n) is 10.2. The van der Waals surface area contributed by atoms with Crippen LogP contribution in [-0.4, -0.2) is 44.2 Å². The van der Waals surface area contributed by atoms with Crippen molar-refractivity contribution in [1.82, 2.24) is 4.90 Å². The largest absolute Gasteiger partial charge is 0.384 e. The quantitative estimate of drug-likeness (QED) is 0.654. The fraction of sp³-hybridized carbons (Fsp3) is 0.909. The summed E-state index contributed by atoms with van der Waals surface area (Å²) in [4.78, 5) is 13.7. The lowest BCUT2D eigenvalue weighted by molar-refractivity contribution is -0.132. The molecule has 0 bridgehead atoms. The first kappa shape index (κ1) is 14.4. The van der Waals surface area contributed by atoms with Crippen LogP contribution in [0.15, 0.2) is 0 Å². The number of hydrogen-bond acceptors (Lipinski definition) is 3. The first-order valence-corrected chi connectivity index (χ1v) is 5.62. The van der Waals surface area contributed by atoms with E-state index in [2.05, 4.69) is 6.92 Å². The van der Waals surface area contributed by atoms with E-state index in [4.69, 9.17) is 10.5 Å². The molecule has 2 N–H and O–H groups in total. The summed E-state index contributed by atoms with van der Waals surface area (Å²) < 4.78 is 5.01. The van der Waals surface area contributed by atoms with Crippen LogP contribution in [0.5, 0.6) is 0 Å². The van der Waals surface area contributed by atoms with Crippen LogP contribution in [0.25, 0.3) is 0 Å². The molecule has 0 aliphatic carbocycles. The van der Waals surface area contributed by atoms with Crippen molar-refractivity contribution in [3.05, 3.63) is 0 Å². The maximum Gasteiger partial charge on any atom is 0.222 e. The van der Waals surface area contributed by atoms with Gasteiger partial charge < -0.3 is 15.4 Å². The minimum atomic E-state index is 0.187. The molecule has 15 heavy (non-hydrogen) atoms. The normalized spacial score (nSPS) is 12.5. The summed E-state index contributed by atoms with van der Waals surface area (Å²) in [6.07, 6.45) is 1.53. The molecule has 0 radical (unpaired) electrons. The van der Waals surface area contributed by atoms with E-state index in [1.54, 1.807) is 7.11 Å². The lowest BCUT2D eigenvalue weighted by Gasteiger charge is -2.22. The molecule has 0 saturated heterocycles. The molecule has 4 heteroatoms. The van der Waals surface area contributed by atoms with Crippen LogP contribution in [0.2, 0.25) is 0 Å². The average molecular weight is 216 g/mol. The van der Waals surface area contributed by atoms with Gasteiger partial charge in [-0.3, -0.25) is 4.79 Å². The zero-order chi connectivity index (χ0) is 11.7. The number of hydrogen-bond donors (Lipinski definition) is 1. The van der Waals surface area contributed by atoms with Crippen LogP contribution in [0.4, 0.5) is 0 Å². The van der Waals surface area contributed by atoms with Crippen LogP contribution in [0, 0.1) is 5.92 Å². The van der Waals surface area contributed by atoms with Crippen LogP contribution in [0.1, 0.15) is 26.7 Å². The molecule has 0 aromatic rings. The van der Waals surface area contributed by atoms with Crippen molar-refractivity contribution in [1.29, 1.82) is 0 Å². The highest BCUT2D eigenvalue weighted by Crippen LogP contribution is 2.06. The van der Waals surface area contributed by atoms with Gasteiger partial charge in [-0.05, 0) is 12.3 Å². The Morgan fingerprint density at radius 2 is 2.13 bits per heavy atom. The predicted octanol–water partition coefficient (Wildman–Crippen LogP) is 0.856. The van der Waals surface area contributed by atoms with E-state index in [1.807, 2.05) is 11.8 Å². The van der Waals surface area contributed by atoms with Crippen molar-refractivity contribution >= 4 is 5.91 Å². The van der Waals surface area contributed by atoms with Gasteiger partial charge in [0.05, 0.1) is 0 Å². The summed E-state index contributed by atoms with van der Waals surface area (Å²) >= 11 is 0. The summed E-state index contributed by atoms with van der Waals surface area (Å²) in [7, 11) is 1.66. The number of nitrogens with zero attached hydrogens (tertiary/aromatic N) is 1. The van der Waals surface area contributed by atoms with E-state index < -0.39 is 0 Å². The summed E-state index contributed by atoms with van der Waals surface area (Å²) in [5.74, 6) is 0.464. The number of carbonyl (C=O) groups excluding carboxylic acids is 1. The third-order valence-electron chi connectivity index (χ3n) is 2.22. The van der Waals surface area contributed by atoms with Crippen molar-refractivity contribution in [3.63, 3.8) is 0 Å². The third kappa shape index (κ3) is 6.47. The minimum absolute atomic E-state index is 0.187. The molecule has 0 fully saturated rings. The van der Waals surface area contributed by atoms with Gasteiger partial charge in [-0.2, -0.15) is 0 Å². The van der Waals surface area contributed by atoms with Gasteiger partial charge in [-0.15, -0.1) is 0 Å². The molecule has 0 aliphatic rings. The molecule has 0 rings (SSSR count). The lowest BCUT2D eigenvalue weighted by Crippen LogP contribution is -2.37. The fourth-order valence-corrected chi connectivity index (χ4v) is 1.56. The molecular weight excluding hydrogens is 192 g/mol. The Hall–Kier alpha value is -0.610. The summed E-state index contributed by atoms with van der Waals surface area (Å²) in [6, 6.07) is 0. The first-order valence-electron chi connectivity index (χ1n) is 5.62.